The SMILES string of the molecule is CC(Cc1ccsc1)NCC(=O)N1CCN(C)CC1. The van der Waals surface area contributed by atoms with Crippen LogP contribution in [0.3, 0.4) is 0 Å². The summed E-state index contributed by atoms with van der Waals surface area (Å²) in [6.45, 7) is 6.27. The number of hydrogen-bond donors (Lipinski definition) is 1. The van der Waals surface area contributed by atoms with Crippen molar-refractivity contribution in [2.24, 2.45) is 0 Å². The number of hydrogen-bond acceptors (Lipinski definition) is 4. The summed E-state index contributed by atoms with van der Waals surface area (Å²) in [5.74, 6) is 0.227. The van der Waals surface area contributed by atoms with Gasteiger partial charge in [0.05, 0.1) is 6.54 Å². The molecule has 0 aromatic carbocycles. The summed E-state index contributed by atoms with van der Waals surface area (Å²) in [4.78, 5) is 16.3. The number of carbonyl (C=O) groups excluding carboxylic acids is 1. The number of nitrogens with one attached hydrogen (secondary N) is 1. The van der Waals surface area contributed by atoms with Crippen molar-refractivity contribution in [1.29, 1.82) is 0 Å². The van der Waals surface area contributed by atoms with E-state index >= 15 is 0 Å². The Morgan fingerprint density at radius 2 is 2.16 bits per heavy atom. The lowest BCUT2D eigenvalue weighted by atomic mass is 10.1. The van der Waals surface area contributed by atoms with E-state index in [0.717, 1.165) is 32.6 Å². The third-order valence-electron chi connectivity index (χ3n) is 3.58. The van der Waals surface area contributed by atoms with Gasteiger partial charge in [-0.3, -0.25) is 4.79 Å². The molecule has 0 bridgehead atoms. The minimum absolute atomic E-state index is 0.227. The van der Waals surface area contributed by atoms with Crippen LogP contribution in [0.4, 0.5) is 0 Å². The Labute approximate surface area is 119 Å². The number of likely N-dealkylation sites (N-methyl/N-ethyl adjacent to an activating group) is 1. The Morgan fingerprint density at radius 3 is 2.79 bits per heavy atom. The molecule has 1 amide bonds. The molecule has 1 aromatic rings. The van der Waals surface area contributed by atoms with Gasteiger partial charge in [0, 0.05) is 32.2 Å². The van der Waals surface area contributed by atoms with Crippen molar-refractivity contribution in [2.45, 2.75) is 19.4 Å². The van der Waals surface area contributed by atoms with E-state index in [0.29, 0.717) is 12.6 Å². The zero-order valence-corrected chi connectivity index (χ0v) is 12.6. The van der Waals surface area contributed by atoms with Gasteiger partial charge in [-0.15, -0.1) is 0 Å². The molecular formula is C14H23N3OS. The average molecular weight is 281 g/mol. The monoisotopic (exact) mass is 281 g/mol. The topological polar surface area (TPSA) is 35.6 Å². The van der Waals surface area contributed by atoms with Gasteiger partial charge in [0.1, 0.15) is 0 Å². The van der Waals surface area contributed by atoms with Gasteiger partial charge in [0.2, 0.25) is 5.91 Å². The molecule has 1 aromatic heterocycles. The molecule has 0 aliphatic carbocycles. The minimum Gasteiger partial charge on any atom is -0.339 e. The van der Waals surface area contributed by atoms with Crippen LogP contribution in [0, 0.1) is 0 Å². The molecule has 1 aliphatic rings. The van der Waals surface area contributed by atoms with Crippen molar-refractivity contribution in [3.63, 3.8) is 0 Å². The highest BCUT2D eigenvalue weighted by atomic mass is 32.1. The first-order valence-corrected chi connectivity index (χ1v) is 7.80. The van der Waals surface area contributed by atoms with Crippen molar-refractivity contribution in [1.82, 2.24) is 15.1 Å². The highest BCUT2D eigenvalue weighted by Gasteiger charge is 2.18. The lowest BCUT2D eigenvalue weighted by Gasteiger charge is -2.32. The number of amides is 1. The fourth-order valence-electron chi connectivity index (χ4n) is 2.26. The maximum absolute atomic E-state index is 12.1. The normalized spacial score (nSPS) is 18.5. The average Bonchev–Trinajstić information content (AvgIpc) is 2.89. The second kappa shape index (κ2) is 7.03. The molecule has 106 valence electrons. The minimum atomic E-state index is 0.227. The first-order chi connectivity index (χ1) is 9.15. The van der Waals surface area contributed by atoms with Crippen LogP contribution >= 0.6 is 11.3 Å². The van der Waals surface area contributed by atoms with E-state index in [9.17, 15) is 4.79 Å². The van der Waals surface area contributed by atoms with Crippen molar-refractivity contribution in [3.8, 4) is 0 Å². The van der Waals surface area contributed by atoms with Gasteiger partial charge in [-0.1, -0.05) is 0 Å². The van der Waals surface area contributed by atoms with E-state index in [1.54, 1.807) is 11.3 Å². The van der Waals surface area contributed by atoms with Crippen LogP contribution < -0.4 is 5.32 Å². The van der Waals surface area contributed by atoms with Crippen LogP contribution in [-0.4, -0.2) is 61.5 Å². The van der Waals surface area contributed by atoms with E-state index in [2.05, 4.69) is 41.0 Å². The van der Waals surface area contributed by atoms with Crippen molar-refractivity contribution < 1.29 is 4.79 Å². The van der Waals surface area contributed by atoms with Gasteiger partial charge in [0.15, 0.2) is 0 Å². The Morgan fingerprint density at radius 1 is 1.42 bits per heavy atom. The molecule has 1 aliphatic heterocycles. The third-order valence-corrected chi connectivity index (χ3v) is 4.31. The number of rotatable bonds is 5. The second-order valence-corrected chi connectivity index (χ2v) is 6.08. The summed E-state index contributed by atoms with van der Waals surface area (Å²) in [6, 6.07) is 2.48. The van der Waals surface area contributed by atoms with Crippen molar-refractivity contribution in [2.75, 3.05) is 39.8 Å². The fourth-order valence-corrected chi connectivity index (χ4v) is 2.95. The summed E-state index contributed by atoms with van der Waals surface area (Å²) < 4.78 is 0. The number of carbonyl (C=O) groups is 1. The van der Waals surface area contributed by atoms with Crippen molar-refractivity contribution >= 4 is 17.2 Å². The summed E-state index contributed by atoms with van der Waals surface area (Å²) in [6.07, 6.45) is 0.986. The smallest absolute Gasteiger partial charge is 0.236 e. The zero-order chi connectivity index (χ0) is 13.7. The molecular weight excluding hydrogens is 258 g/mol. The first-order valence-electron chi connectivity index (χ1n) is 6.86. The van der Waals surface area contributed by atoms with Gasteiger partial charge in [-0.2, -0.15) is 11.3 Å². The largest absolute Gasteiger partial charge is 0.339 e. The molecule has 1 fully saturated rings. The highest BCUT2D eigenvalue weighted by Crippen LogP contribution is 2.08. The lowest BCUT2D eigenvalue weighted by molar-refractivity contribution is -0.131. The standard InChI is InChI=1S/C14H23N3OS/c1-12(9-13-3-8-19-11-13)15-10-14(18)17-6-4-16(2)5-7-17/h3,8,11-12,15H,4-7,9-10H2,1-2H3. The van der Waals surface area contributed by atoms with Crippen LogP contribution in [0.15, 0.2) is 16.8 Å². The van der Waals surface area contributed by atoms with Gasteiger partial charge in [0.25, 0.3) is 0 Å². The fraction of sp³-hybridized carbons (Fsp3) is 0.643. The van der Waals surface area contributed by atoms with Crippen LogP contribution in [0.25, 0.3) is 0 Å². The number of thiophene rings is 1. The number of piperazine rings is 1. The summed E-state index contributed by atoms with van der Waals surface area (Å²) in [5.41, 5.74) is 1.34. The summed E-state index contributed by atoms with van der Waals surface area (Å²) in [5, 5.41) is 7.59. The predicted molar refractivity (Wildman–Crippen MR) is 79.6 cm³/mol. The molecule has 1 N–H and O–H groups in total. The molecule has 1 unspecified atom stereocenters. The molecule has 2 rings (SSSR count). The van der Waals surface area contributed by atoms with Crippen LogP contribution in [0.5, 0.6) is 0 Å². The number of nitrogens with zero attached hydrogens (tertiary/aromatic N) is 2. The first kappa shape index (κ1) is 14.5. The molecule has 1 atom stereocenters. The van der Waals surface area contributed by atoms with E-state index in [4.69, 9.17) is 0 Å². The summed E-state index contributed by atoms with van der Waals surface area (Å²) in [7, 11) is 2.10. The van der Waals surface area contributed by atoms with E-state index < -0.39 is 0 Å². The molecule has 19 heavy (non-hydrogen) atoms. The molecule has 5 heteroatoms. The lowest BCUT2D eigenvalue weighted by Crippen LogP contribution is -2.50. The molecule has 2 heterocycles. The molecule has 4 nitrogen and oxygen atoms in total. The Bertz CT molecular complexity index is 385. The highest BCUT2D eigenvalue weighted by molar-refractivity contribution is 7.07. The van der Waals surface area contributed by atoms with Crippen LogP contribution in [-0.2, 0) is 11.2 Å². The molecule has 0 saturated carbocycles. The molecule has 0 spiro atoms. The van der Waals surface area contributed by atoms with Crippen molar-refractivity contribution in [3.05, 3.63) is 22.4 Å². The van der Waals surface area contributed by atoms with Crippen LogP contribution in [0.1, 0.15) is 12.5 Å². The van der Waals surface area contributed by atoms with Gasteiger partial charge >= 0.3 is 0 Å². The van der Waals surface area contributed by atoms with E-state index in [1.807, 2.05) is 4.90 Å². The third kappa shape index (κ3) is 4.60. The van der Waals surface area contributed by atoms with E-state index in [-0.39, 0.29) is 5.91 Å². The van der Waals surface area contributed by atoms with Gasteiger partial charge in [-0.25, -0.2) is 0 Å². The Kier molecular flexibility index (Phi) is 5.36. The summed E-state index contributed by atoms with van der Waals surface area (Å²) >= 11 is 1.72. The van der Waals surface area contributed by atoms with E-state index in [1.165, 1.54) is 5.56 Å². The second-order valence-electron chi connectivity index (χ2n) is 5.30. The molecule has 1 saturated heterocycles. The van der Waals surface area contributed by atoms with Gasteiger partial charge < -0.3 is 15.1 Å². The molecule has 0 radical (unpaired) electrons. The quantitative estimate of drug-likeness (QED) is 0.876. The maximum Gasteiger partial charge on any atom is 0.236 e. The Balaban J connectivity index is 1.68. The zero-order valence-electron chi connectivity index (χ0n) is 11.8. The maximum atomic E-state index is 12.1. The Hall–Kier alpha value is -0.910. The predicted octanol–water partition coefficient (Wildman–Crippen LogP) is 1.04. The van der Waals surface area contributed by atoms with Crippen LogP contribution in [0.2, 0.25) is 0 Å². The van der Waals surface area contributed by atoms with Gasteiger partial charge in [-0.05, 0) is 42.8 Å².